The van der Waals surface area contributed by atoms with Gasteiger partial charge in [0, 0.05) is 0 Å². The van der Waals surface area contributed by atoms with E-state index in [1.165, 1.54) is 0 Å². The molecule has 0 bridgehead atoms. The quantitative estimate of drug-likeness (QED) is 0.563. The van der Waals surface area contributed by atoms with Gasteiger partial charge in [-0.3, -0.25) is 4.55 Å². The van der Waals surface area contributed by atoms with Crippen molar-refractivity contribution in [3.05, 3.63) is 16.9 Å². The molecule has 6 nitrogen and oxygen atoms in total. The summed E-state index contributed by atoms with van der Waals surface area (Å²) in [4.78, 5) is 10.0. The van der Waals surface area contributed by atoms with Crippen LogP contribution >= 0.6 is 0 Å². The predicted octanol–water partition coefficient (Wildman–Crippen LogP) is -0.520. The molecule has 1 rings (SSSR count). The Morgan fingerprint density at radius 2 is 2.10 bits per heavy atom. The molecule has 0 aliphatic heterocycles. The second-order valence-electron chi connectivity index (χ2n) is 1.38. The first-order valence-corrected chi connectivity index (χ1v) is 3.50. The molecule has 1 heterocycles. The smallest absolute Gasteiger partial charge is 0.398 e. The van der Waals surface area contributed by atoms with Gasteiger partial charge in [-0.25, -0.2) is 4.79 Å². The van der Waals surface area contributed by atoms with E-state index >= 15 is 0 Å². The predicted molar refractivity (Wildman–Crippen MR) is 27.1 cm³/mol. The van der Waals surface area contributed by atoms with Crippen molar-refractivity contribution in [2.75, 3.05) is 0 Å². The van der Waals surface area contributed by atoms with E-state index in [9.17, 15) is 13.2 Å². The molecule has 1 aromatic rings. The van der Waals surface area contributed by atoms with Gasteiger partial charge in [0.25, 0.3) is 5.09 Å². The van der Waals surface area contributed by atoms with Gasteiger partial charge in [-0.15, -0.1) is 0 Å². The molecule has 0 aliphatic rings. The molecule has 0 radical (unpaired) electrons. The molecular weight excluding hydrogens is 164 g/mol. The molecule has 1 N–H and O–H groups in total. The molecule has 0 spiro atoms. The Labute approximate surface area is 54.8 Å². The maximum atomic E-state index is 10.1. The zero-order valence-electron chi connectivity index (χ0n) is 4.47. The summed E-state index contributed by atoms with van der Waals surface area (Å²) < 4.78 is 36.2. The van der Waals surface area contributed by atoms with Gasteiger partial charge in [0.05, 0.1) is 0 Å². The lowest BCUT2D eigenvalue weighted by Gasteiger charge is -1.81. The third-order valence-corrected chi connectivity index (χ3v) is 1.38. The molecule has 0 aromatic carbocycles. The van der Waals surface area contributed by atoms with Crippen molar-refractivity contribution in [1.29, 1.82) is 0 Å². The van der Waals surface area contributed by atoms with Crippen LogP contribution in [0.3, 0.4) is 0 Å². The minimum atomic E-state index is -4.44. The van der Waals surface area contributed by atoms with Crippen LogP contribution in [0.25, 0.3) is 0 Å². The minimum absolute atomic E-state index is 0.512. The van der Waals surface area contributed by atoms with E-state index in [0.717, 1.165) is 0 Å². The third-order valence-electron chi connectivity index (χ3n) is 0.690. The monoisotopic (exact) mass is 166 g/mol. The molecule has 1 aromatic heterocycles. The maximum Gasteiger partial charge on any atom is 0.519 e. The van der Waals surface area contributed by atoms with Crippen LogP contribution in [0, 0.1) is 0 Å². The van der Waals surface area contributed by atoms with E-state index in [4.69, 9.17) is 4.55 Å². The minimum Gasteiger partial charge on any atom is -0.398 e. The summed E-state index contributed by atoms with van der Waals surface area (Å²) in [7, 11) is -4.44. The van der Waals surface area contributed by atoms with Crippen LogP contribution in [0.15, 0.2) is 25.0 Å². The average molecular weight is 166 g/mol. The summed E-state index contributed by atoms with van der Waals surface area (Å²) in [5, 5.41) is -0.891. The molecule has 0 unspecified atom stereocenters. The van der Waals surface area contributed by atoms with Gasteiger partial charge in [-0.2, -0.15) is 8.42 Å². The summed E-state index contributed by atoms with van der Waals surface area (Å²) in [6.07, 6.45) is 0.512. The Bertz CT molecular complexity index is 366. The highest BCUT2D eigenvalue weighted by Crippen LogP contribution is 2.02. The van der Waals surface area contributed by atoms with Crippen molar-refractivity contribution in [3.8, 4) is 0 Å². The third kappa shape index (κ3) is 1.25. The normalized spacial score (nSPS) is 11.7. The van der Waals surface area contributed by atoms with Crippen LogP contribution < -0.4 is 5.82 Å². The standard InChI is InChI=1S/C3H2O6S/c4-3-8-1-2(9-3)10(5,6)7/h1H,(H,5,6,7). The first kappa shape index (κ1) is 7.03. The summed E-state index contributed by atoms with van der Waals surface area (Å²) in [5.41, 5.74) is 0. The lowest BCUT2D eigenvalue weighted by atomic mass is 11.0. The fourth-order valence-electron chi connectivity index (χ4n) is 0.340. The second-order valence-corrected chi connectivity index (χ2v) is 2.73. The second kappa shape index (κ2) is 1.96. The van der Waals surface area contributed by atoms with E-state index in [-0.39, 0.29) is 0 Å². The van der Waals surface area contributed by atoms with Crippen molar-refractivity contribution in [2.45, 2.75) is 5.09 Å². The summed E-state index contributed by atoms with van der Waals surface area (Å²) in [5.74, 6) is -1.17. The number of hydrogen-bond donors (Lipinski definition) is 1. The first-order valence-electron chi connectivity index (χ1n) is 2.06. The van der Waals surface area contributed by atoms with Crippen molar-refractivity contribution in [2.24, 2.45) is 0 Å². The van der Waals surface area contributed by atoms with Crippen LogP contribution in [-0.2, 0) is 10.1 Å². The SMILES string of the molecule is O=c1occ(S(=O)(=O)O)o1. The van der Waals surface area contributed by atoms with Crippen molar-refractivity contribution in [1.82, 2.24) is 0 Å². The highest BCUT2D eigenvalue weighted by molar-refractivity contribution is 7.85. The molecule has 0 saturated heterocycles. The van der Waals surface area contributed by atoms with E-state index in [1.807, 2.05) is 0 Å². The van der Waals surface area contributed by atoms with E-state index in [1.54, 1.807) is 0 Å². The van der Waals surface area contributed by atoms with Gasteiger partial charge in [0.1, 0.15) is 0 Å². The number of rotatable bonds is 1. The lowest BCUT2D eigenvalue weighted by molar-refractivity contribution is 0.343. The Balaban J connectivity index is 3.34. The lowest BCUT2D eigenvalue weighted by Crippen LogP contribution is -1.96. The fraction of sp³-hybridized carbons (Fsp3) is 0. The Morgan fingerprint density at radius 1 is 1.50 bits per heavy atom. The number of hydrogen-bond acceptors (Lipinski definition) is 5. The molecule has 0 saturated carbocycles. The highest BCUT2D eigenvalue weighted by atomic mass is 32.2. The zero-order chi connectivity index (χ0) is 7.78. The first-order chi connectivity index (χ1) is 4.50. The molecule has 56 valence electrons. The Morgan fingerprint density at radius 3 is 2.30 bits per heavy atom. The molecule has 0 atom stereocenters. The van der Waals surface area contributed by atoms with Gasteiger partial charge < -0.3 is 8.83 Å². The van der Waals surface area contributed by atoms with E-state index < -0.39 is 21.0 Å². The summed E-state index contributed by atoms with van der Waals surface area (Å²) >= 11 is 0. The van der Waals surface area contributed by atoms with Gasteiger partial charge in [-0.05, 0) is 0 Å². The molecule has 0 amide bonds. The van der Waals surface area contributed by atoms with Gasteiger partial charge in [-0.1, -0.05) is 0 Å². The van der Waals surface area contributed by atoms with Crippen LogP contribution in [0.2, 0.25) is 0 Å². The molecule has 10 heavy (non-hydrogen) atoms. The van der Waals surface area contributed by atoms with Crippen LogP contribution in [0.4, 0.5) is 0 Å². The van der Waals surface area contributed by atoms with Gasteiger partial charge in [0.15, 0.2) is 6.26 Å². The average Bonchev–Trinajstić information content (AvgIpc) is 2.11. The van der Waals surface area contributed by atoms with Crippen molar-refractivity contribution >= 4 is 10.1 Å². The maximum absolute atomic E-state index is 10.1. The molecule has 0 fully saturated rings. The summed E-state index contributed by atoms with van der Waals surface area (Å²) in [6.45, 7) is 0. The van der Waals surface area contributed by atoms with Crippen molar-refractivity contribution < 1.29 is 21.8 Å². The Kier molecular flexibility index (Phi) is 1.38. The zero-order valence-corrected chi connectivity index (χ0v) is 5.29. The van der Waals surface area contributed by atoms with Crippen LogP contribution in [0.5, 0.6) is 0 Å². The topological polar surface area (TPSA) is 97.7 Å². The summed E-state index contributed by atoms with van der Waals surface area (Å²) in [6, 6.07) is 0. The molecular formula is C3H2O6S. The van der Waals surface area contributed by atoms with Gasteiger partial charge >= 0.3 is 15.9 Å². The van der Waals surface area contributed by atoms with E-state index in [0.29, 0.717) is 6.26 Å². The Hall–Kier alpha value is -1.08. The van der Waals surface area contributed by atoms with Crippen LogP contribution in [-0.4, -0.2) is 13.0 Å². The van der Waals surface area contributed by atoms with Gasteiger partial charge in [0.2, 0.25) is 0 Å². The highest BCUT2D eigenvalue weighted by Gasteiger charge is 2.15. The van der Waals surface area contributed by atoms with E-state index in [2.05, 4.69) is 8.83 Å². The van der Waals surface area contributed by atoms with Crippen molar-refractivity contribution in [3.63, 3.8) is 0 Å². The largest absolute Gasteiger partial charge is 0.519 e. The molecule has 0 aliphatic carbocycles. The fourth-order valence-corrected chi connectivity index (χ4v) is 0.683. The van der Waals surface area contributed by atoms with Crippen LogP contribution in [0.1, 0.15) is 0 Å². The molecule has 7 heteroatoms.